The first-order chi connectivity index (χ1) is 11.5. The lowest BCUT2D eigenvalue weighted by Crippen LogP contribution is -2.30. The summed E-state index contributed by atoms with van der Waals surface area (Å²) >= 11 is 0. The van der Waals surface area contributed by atoms with Crippen LogP contribution >= 0.6 is 0 Å². The summed E-state index contributed by atoms with van der Waals surface area (Å²) < 4.78 is 29.4. The Morgan fingerprint density at radius 2 is 1.96 bits per heavy atom. The van der Waals surface area contributed by atoms with Gasteiger partial charge < -0.3 is 9.73 Å². The molecule has 1 aromatic heterocycles. The summed E-state index contributed by atoms with van der Waals surface area (Å²) in [5.41, 5.74) is 2.00. The van der Waals surface area contributed by atoms with Crippen molar-refractivity contribution in [2.45, 2.75) is 19.8 Å². The van der Waals surface area contributed by atoms with Gasteiger partial charge in [-0.3, -0.25) is 4.79 Å². The first kappa shape index (κ1) is 16.8. The predicted octanol–water partition coefficient (Wildman–Crippen LogP) is 2.81. The molecule has 2 aromatic rings. The molecule has 1 saturated carbocycles. The zero-order chi connectivity index (χ0) is 17.2. The first-order valence-electron chi connectivity index (χ1n) is 8.08. The number of aryl methyl sites for hydroxylation is 1. The second-order valence-corrected chi connectivity index (χ2v) is 8.53. The lowest BCUT2D eigenvalue weighted by molar-refractivity contribution is 0.0956. The fraction of sp³-hybridized carbons (Fsp3) is 0.389. The average molecular weight is 347 g/mol. The maximum Gasteiger partial charge on any atom is 0.255 e. The van der Waals surface area contributed by atoms with Gasteiger partial charge in [-0.15, -0.1) is 0 Å². The van der Waals surface area contributed by atoms with Crippen LogP contribution in [0.1, 0.15) is 28.8 Å². The fourth-order valence-electron chi connectivity index (χ4n) is 2.66. The third-order valence-electron chi connectivity index (χ3n) is 4.12. The van der Waals surface area contributed by atoms with E-state index in [4.69, 9.17) is 4.42 Å². The van der Waals surface area contributed by atoms with Crippen molar-refractivity contribution in [3.8, 4) is 11.3 Å². The summed E-state index contributed by atoms with van der Waals surface area (Å²) in [6, 6.07) is 9.38. The van der Waals surface area contributed by atoms with Gasteiger partial charge in [-0.1, -0.05) is 30.3 Å². The topological polar surface area (TPSA) is 76.4 Å². The molecule has 0 atom stereocenters. The molecular formula is C18H21NO4S. The van der Waals surface area contributed by atoms with Gasteiger partial charge >= 0.3 is 0 Å². The molecule has 24 heavy (non-hydrogen) atoms. The van der Waals surface area contributed by atoms with E-state index < -0.39 is 9.84 Å². The van der Waals surface area contributed by atoms with Crippen LogP contribution in [0.25, 0.3) is 11.3 Å². The van der Waals surface area contributed by atoms with E-state index in [1.165, 1.54) is 0 Å². The van der Waals surface area contributed by atoms with Crippen molar-refractivity contribution in [2.24, 2.45) is 5.92 Å². The van der Waals surface area contributed by atoms with Gasteiger partial charge in [0.25, 0.3) is 5.91 Å². The van der Waals surface area contributed by atoms with Crippen molar-refractivity contribution < 1.29 is 17.6 Å². The number of hydrogen-bond acceptors (Lipinski definition) is 4. The van der Waals surface area contributed by atoms with Crippen molar-refractivity contribution in [3.05, 3.63) is 47.7 Å². The van der Waals surface area contributed by atoms with E-state index in [2.05, 4.69) is 5.32 Å². The van der Waals surface area contributed by atoms with Crippen LogP contribution in [0.2, 0.25) is 0 Å². The number of carbonyl (C=O) groups is 1. The standard InChI is InChI=1S/C18H21NO4S/c1-13-11-23-17(15-5-3-2-4-6-15)16(13)18(20)19-9-10-24(21,22)12-14-7-8-14/h2-6,11,14H,7-10,12H2,1H3,(H,19,20). The van der Waals surface area contributed by atoms with Gasteiger partial charge in [0.2, 0.25) is 0 Å². The largest absolute Gasteiger partial charge is 0.463 e. The zero-order valence-electron chi connectivity index (χ0n) is 13.6. The van der Waals surface area contributed by atoms with Crippen LogP contribution in [0, 0.1) is 12.8 Å². The summed E-state index contributed by atoms with van der Waals surface area (Å²) in [5, 5.41) is 2.71. The number of rotatable bonds is 7. The number of hydrogen-bond donors (Lipinski definition) is 1. The van der Waals surface area contributed by atoms with E-state index in [0.717, 1.165) is 24.0 Å². The van der Waals surface area contributed by atoms with Gasteiger partial charge in [-0.05, 0) is 25.7 Å². The van der Waals surface area contributed by atoms with Crippen LogP contribution in [0.5, 0.6) is 0 Å². The fourth-order valence-corrected chi connectivity index (χ4v) is 4.30. The van der Waals surface area contributed by atoms with E-state index in [1.807, 2.05) is 30.3 Å². The molecule has 1 fully saturated rings. The Morgan fingerprint density at radius 1 is 1.25 bits per heavy atom. The maximum absolute atomic E-state index is 12.5. The van der Waals surface area contributed by atoms with Crippen molar-refractivity contribution in [2.75, 3.05) is 18.1 Å². The second kappa shape index (κ2) is 6.81. The highest BCUT2D eigenvalue weighted by atomic mass is 32.2. The van der Waals surface area contributed by atoms with Gasteiger partial charge in [0, 0.05) is 17.7 Å². The molecule has 1 N–H and O–H groups in total. The van der Waals surface area contributed by atoms with Crippen LogP contribution in [-0.4, -0.2) is 32.4 Å². The molecule has 0 bridgehead atoms. The molecule has 1 heterocycles. The number of nitrogens with one attached hydrogen (secondary N) is 1. The van der Waals surface area contributed by atoms with E-state index in [1.54, 1.807) is 13.2 Å². The molecule has 0 radical (unpaired) electrons. The Morgan fingerprint density at radius 3 is 2.62 bits per heavy atom. The van der Waals surface area contributed by atoms with Crippen molar-refractivity contribution in [1.82, 2.24) is 5.32 Å². The quantitative estimate of drug-likeness (QED) is 0.835. The minimum atomic E-state index is -3.09. The predicted molar refractivity (Wildman–Crippen MR) is 92.6 cm³/mol. The molecule has 1 aliphatic rings. The lowest BCUT2D eigenvalue weighted by atomic mass is 10.1. The summed E-state index contributed by atoms with van der Waals surface area (Å²) in [6.07, 6.45) is 3.54. The molecule has 0 spiro atoms. The van der Waals surface area contributed by atoms with Gasteiger partial charge in [0.05, 0.1) is 23.3 Å². The Hall–Kier alpha value is -2.08. The zero-order valence-corrected chi connectivity index (χ0v) is 14.4. The molecule has 0 aliphatic heterocycles. The van der Waals surface area contributed by atoms with E-state index in [-0.39, 0.29) is 24.0 Å². The Labute approximate surface area is 142 Å². The lowest BCUT2D eigenvalue weighted by Gasteiger charge is -2.07. The number of furan rings is 1. The number of sulfone groups is 1. The molecule has 3 rings (SSSR count). The number of amides is 1. The van der Waals surface area contributed by atoms with Crippen molar-refractivity contribution in [3.63, 3.8) is 0 Å². The average Bonchev–Trinajstić information content (AvgIpc) is 3.25. The van der Waals surface area contributed by atoms with E-state index in [0.29, 0.717) is 17.2 Å². The Bertz CT molecular complexity index is 820. The molecule has 6 heteroatoms. The maximum atomic E-state index is 12.5. The number of carbonyl (C=O) groups excluding carboxylic acids is 1. The Balaban J connectivity index is 1.66. The molecule has 5 nitrogen and oxygen atoms in total. The van der Waals surface area contributed by atoms with Crippen LogP contribution in [0.3, 0.4) is 0 Å². The van der Waals surface area contributed by atoms with E-state index in [9.17, 15) is 13.2 Å². The summed E-state index contributed by atoms with van der Waals surface area (Å²) in [5.74, 6) is 0.745. The minimum absolute atomic E-state index is 0.0210. The van der Waals surface area contributed by atoms with Crippen LogP contribution in [-0.2, 0) is 9.84 Å². The molecule has 0 unspecified atom stereocenters. The minimum Gasteiger partial charge on any atom is -0.463 e. The van der Waals surface area contributed by atoms with Crippen molar-refractivity contribution in [1.29, 1.82) is 0 Å². The van der Waals surface area contributed by atoms with Gasteiger partial charge in [-0.25, -0.2) is 8.42 Å². The van der Waals surface area contributed by atoms with Gasteiger partial charge in [0.1, 0.15) is 5.76 Å². The highest BCUT2D eigenvalue weighted by Gasteiger charge is 2.28. The van der Waals surface area contributed by atoms with Crippen LogP contribution < -0.4 is 5.32 Å². The first-order valence-corrected chi connectivity index (χ1v) is 9.90. The summed E-state index contributed by atoms with van der Waals surface area (Å²) in [4.78, 5) is 12.5. The molecule has 128 valence electrons. The SMILES string of the molecule is Cc1coc(-c2ccccc2)c1C(=O)NCCS(=O)(=O)CC1CC1. The van der Waals surface area contributed by atoms with Crippen molar-refractivity contribution >= 4 is 15.7 Å². The summed E-state index contributed by atoms with van der Waals surface area (Å²) in [6.45, 7) is 1.92. The molecule has 0 saturated heterocycles. The molecule has 1 aliphatic carbocycles. The normalized spacial score (nSPS) is 14.5. The smallest absolute Gasteiger partial charge is 0.255 e. The summed E-state index contributed by atoms with van der Waals surface area (Å²) in [7, 11) is -3.09. The molecule has 1 aromatic carbocycles. The third kappa shape index (κ3) is 4.06. The van der Waals surface area contributed by atoms with E-state index >= 15 is 0 Å². The third-order valence-corrected chi connectivity index (χ3v) is 5.93. The number of benzene rings is 1. The molecular weight excluding hydrogens is 326 g/mol. The Kier molecular flexibility index (Phi) is 4.76. The second-order valence-electron chi connectivity index (χ2n) is 6.30. The van der Waals surface area contributed by atoms with Crippen LogP contribution in [0.4, 0.5) is 0 Å². The highest BCUT2D eigenvalue weighted by molar-refractivity contribution is 7.91. The van der Waals surface area contributed by atoms with Crippen LogP contribution in [0.15, 0.2) is 41.0 Å². The van der Waals surface area contributed by atoms with Gasteiger partial charge in [-0.2, -0.15) is 0 Å². The molecule has 1 amide bonds. The highest BCUT2D eigenvalue weighted by Crippen LogP contribution is 2.30. The monoisotopic (exact) mass is 347 g/mol. The van der Waals surface area contributed by atoms with Gasteiger partial charge in [0.15, 0.2) is 9.84 Å².